The van der Waals surface area contributed by atoms with Crippen molar-refractivity contribution in [2.24, 2.45) is 5.92 Å². The second-order valence-corrected chi connectivity index (χ2v) is 6.36. The quantitative estimate of drug-likeness (QED) is 0.724. The van der Waals surface area contributed by atoms with Crippen LogP contribution in [-0.4, -0.2) is 63.5 Å². The summed E-state index contributed by atoms with van der Waals surface area (Å²) in [7, 11) is 1.72. The highest BCUT2D eigenvalue weighted by Gasteiger charge is 2.30. The average Bonchev–Trinajstić information content (AvgIpc) is 2.49. The van der Waals surface area contributed by atoms with E-state index >= 15 is 0 Å². The number of nitrogens with one attached hydrogen (secondary N) is 1. The molecule has 2 rings (SSSR count). The molecule has 1 heterocycles. The fourth-order valence-corrected chi connectivity index (χ4v) is 3.54. The Morgan fingerprint density at radius 2 is 1.90 bits per heavy atom. The zero-order chi connectivity index (χ0) is 14.2. The Bertz CT molecular complexity index is 257. The van der Waals surface area contributed by atoms with Crippen LogP contribution in [0.2, 0.25) is 0 Å². The number of methoxy groups -OCH3 is 1. The predicted molar refractivity (Wildman–Crippen MR) is 82.1 cm³/mol. The molecule has 2 atom stereocenters. The van der Waals surface area contributed by atoms with Gasteiger partial charge < -0.3 is 14.8 Å². The molecule has 0 amide bonds. The first-order valence-corrected chi connectivity index (χ1v) is 8.35. The molecule has 2 fully saturated rings. The highest BCUT2D eigenvalue weighted by molar-refractivity contribution is 4.89. The summed E-state index contributed by atoms with van der Waals surface area (Å²) in [6.45, 7) is 7.92. The Morgan fingerprint density at radius 1 is 1.10 bits per heavy atom. The summed E-state index contributed by atoms with van der Waals surface area (Å²) in [5, 5.41) is 3.78. The maximum atomic E-state index is 5.62. The van der Waals surface area contributed by atoms with Crippen molar-refractivity contribution in [1.29, 1.82) is 0 Å². The molecule has 4 heteroatoms. The third-order valence-electron chi connectivity index (χ3n) is 4.90. The highest BCUT2D eigenvalue weighted by atomic mass is 16.5. The molecule has 118 valence electrons. The van der Waals surface area contributed by atoms with E-state index in [2.05, 4.69) is 17.1 Å². The summed E-state index contributed by atoms with van der Waals surface area (Å²) in [6.07, 6.45) is 7.14. The largest absolute Gasteiger partial charge is 0.382 e. The average molecular weight is 284 g/mol. The first-order valence-electron chi connectivity index (χ1n) is 8.35. The third kappa shape index (κ3) is 4.99. The molecule has 4 nitrogen and oxygen atoms in total. The van der Waals surface area contributed by atoms with Crippen molar-refractivity contribution in [1.82, 2.24) is 10.2 Å². The fraction of sp³-hybridized carbons (Fsp3) is 1.00. The Hall–Kier alpha value is -0.160. The number of nitrogens with zero attached hydrogens (tertiary/aromatic N) is 1. The minimum absolute atomic E-state index is 0.626. The van der Waals surface area contributed by atoms with Gasteiger partial charge in [-0.3, -0.25) is 4.90 Å². The molecule has 0 bridgehead atoms. The molecule has 1 saturated heterocycles. The lowest BCUT2D eigenvalue weighted by molar-refractivity contribution is 0.0356. The SMILES string of the molecule is COCCOCCN1CC(C2CCCCC2)NCC1C. The van der Waals surface area contributed by atoms with Crippen LogP contribution in [0.25, 0.3) is 0 Å². The first-order chi connectivity index (χ1) is 9.81. The standard InChI is InChI=1S/C16H32N2O2/c1-14-12-17-16(15-6-4-3-5-7-15)13-18(14)8-9-20-11-10-19-2/h14-17H,3-13H2,1-2H3. The summed E-state index contributed by atoms with van der Waals surface area (Å²) in [6, 6.07) is 1.33. The summed E-state index contributed by atoms with van der Waals surface area (Å²) in [5.74, 6) is 0.896. The number of hydrogen-bond acceptors (Lipinski definition) is 4. The van der Waals surface area contributed by atoms with Crippen LogP contribution in [0, 0.1) is 5.92 Å². The van der Waals surface area contributed by atoms with Crippen LogP contribution in [0.1, 0.15) is 39.0 Å². The highest BCUT2D eigenvalue weighted by Crippen LogP contribution is 2.28. The van der Waals surface area contributed by atoms with Gasteiger partial charge in [0.2, 0.25) is 0 Å². The van der Waals surface area contributed by atoms with E-state index < -0.39 is 0 Å². The van der Waals surface area contributed by atoms with Crippen molar-refractivity contribution >= 4 is 0 Å². The molecule has 0 spiro atoms. The van der Waals surface area contributed by atoms with Crippen LogP contribution in [0.3, 0.4) is 0 Å². The van der Waals surface area contributed by atoms with Crippen LogP contribution >= 0.6 is 0 Å². The van der Waals surface area contributed by atoms with Gasteiger partial charge in [-0.2, -0.15) is 0 Å². The van der Waals surface area contributed by atoms with Crippen molar-refractivity contribution in [2.45, 2.75) is 51.1 Å². The van der Waals surface area contributed by atoms with Gasteiger partial charge in [0.15, 0.2) is 0 Å². The van der Waals surface area contributed by atoms with Crippen molar-refractivity contribution < 1.29 is 9.47 Å². The van der Waals surface area contributed by atoms with Crippen molar-refractivity contribution in [2.75, 3.05) is 46.6 Å². The Labute approximate surface area is 124 Å². The van der Waals surface area contributed by atoms with Crippen LogP contribution in [0.4, 0.5) is 0 Å². The first kappa shape index (κ1) is 16.2. The maximum absolute atomic E-state index is 5.62. The van der Waals surface area contributed by atoms with Gasteiger partial charge in [0.25, 0.3) is 0 Å². The summed E-state index contributed by atoms with van der Waals surface area (Å²) in [4.78, 5) is 2.60. The Kier molecular flexibility index (Phi) is 7.28. The summed E-state index contributed by atoms with van der Waals surface area (Å²) in [5.41, 5.74) is 0. The molecule has 2 aliphatic rings. The predicted octanol–water partition coefficient (Wildman–Crippen LogP) is 1.89. The van der Waals surface area contributed by atoms with E-state index in [9.17, 15) is 0 Å². The van der Waals surface area contributed by atoms with Crippen LogP contribution in [-0.2, 0) is 9.47 Å². The molecular weight excluding hydrogens is 252 g/mol. The van der Waals surface area contributed by atoms with Gasteiger partial charge >= 0.3 is 0 Å². The lowest BCUT2D eigenvalue weighted by Gasteiger charge is -2.42. The van der Waals surface area contributed by atoms with Gasteiger partial charge in [0.1, 0.15) is 0 Å². The second-order valence-electron chi connectivity index (χ2n) is 6.36. The summed E-state index contributed by atoms with van der Waals surface area (Å²) >= 11 is 0. The van der Waals surface area contributed by atoms with Crippen LogP contribution in [0.5, 0.6) is 0 Å². The molecule has 0 aromatic rings. The van der Waals surface area contributed by atoms with Gasteiger partial charge in [-0.15, -0.1) is 0 Å². The van der Waals surface area contributed by atoms with E-state index in [0.717, 1.165) is 25.6 Å². The van der Waals surface area contributed by atoms with Gasteiger partial charge in [0.05, 0.1) is 19.8 Å². The van der Waals surface area contributed by atoms with Gasteiger partial charge in [-0.25, -0.2) is 0 Å². The molecule has 1 saturated carbocycles. The Balaban J connectivity index is 1.70. The molecule has 1 aliphatic carbocycles. The molecule has 20 heavy (non-hydrogen) atoms. The topological polar surface area (TPSA) is 33.7 Å². The Morgan fingerprint density at radius 3 is 2.65 bits per heavy atom. The molecule has 0 radical (unpaired) electrons. The monoisotopic (exact) mass is 284 g/mol. The molecule has 0 aromatic carbocycles. The number of piperazine rings is 1. The van der Waals surface area contributed by atoms with Gasteiger partial charge in [0, 0.05) is 38.8 Å². The van der Waals surface area contributed by atoms with E-state index in [1.807, 2.05) is 0 Å². The molecule has 2 unspecified atom stereocenters. The maximum Gasteiger partial charge on any atom is 0.0700 e. The van der Waals surface area contributed by atoms with Crippen molar-refractivity contribution in [3.63, 3.8) is 0 Å². The van der Waals surface area contributed by atoms with Gasteiger partial charge in [-0.05, 0) is 25.7 Å². The summed E-state index contributed by atoms with van der Waals surface area (Å²) < 4.78 is 10.6. The third-order valence-corrected chi connectivity index (χ3v) is 4.90. The molecule has 1 N–H and O–H groups in total. The molecule has 0 aromatic heterocycles. The van der Waals surface area contributed by atoms with E-state index in [1.54, 1.807) is 7.11 Å². The fourth-order valence-electron chi connectivity index (χ4n) is 3.54. The number of ether oxygens (including phenoxy) is 2. The van der Waals surface area contributed by atoms with Gasteiger partial charge in [-0.1, -0.05) is 19.3 Å². The van der Waals surface area contributed by atoms with Crippen molar-refractivity contribution in [3.8, 4) is 0 Å². The zero-order valence-electron chi connectivity index (χ0n) is 13.3. The second kappa shape index (κ2) is 8.98. The normalized spacial score (nSPS) is 29.7. The molecular formula is C16H32N2O2. The lowest BCUT2D eigenvalue weighted by atomic mass is 9.82. The van der Waals surface area contributed by atoms with Crippen molar-refractivity contribution in [3.05, 3.63) is 0 Å². The minimum atomic E-state index is 0.626. The number of hydrogen-bond donors (Lipinski definition) is 1. The smallest absolute Gasteiger partial charge is 0.0700 e. The van der Waals surface area contributed by atoms with E-state index in [1.165, 1.54) is 38.6 Å². The van der Waals surface area contributed by atoms with Crippen LogP contribution < -0.4 is 5.32 Å². The van der Waals surface area contributed by atoms with E-state index in [-0.39, 0.29) is 0 Å². The van der Waals surface area contributed by atoms with E-state index in [4.69, 9.17) is 9.47 Å². The zero-order valence-corrected chi connectivity index (χ0v) is 13.3. The minimum Gasteiger partial charge on any atom is -0.382 e. The number of rotatable bonds is 7. The molecule has 1 aliphatic heterocycles. The van der Waals surface area contributed by atoms with E-state index in [0.29, 0.717) is 25.3 Å². The lowest BCUT2D eigenvalue weighted by Crippen LogP contribution is -2.58. The van der Waals surface area contributed by atoms with Crippen LogP contribution in [0.15, 0.2) is 0 Å².